The van der Waals surface area contributed by atoms with Gasteiger partial charge in [0.1, 0.15) is 23.1 Å². The third-order valence-electron chi connectivity index (χ3n) is 9.87. The number of carbonyl (C=O) groups is 4. The lowest BCUT2D eigenvalue weighted by atomic mass is 9.98. The van der Waals surface area contributed by atoms with Crippen molar-refractivity contribution in [3.63, 3.8) is 0 Å². The van der Waals surface area contributed by atoms with E-state index < -0.39 is 24.0 Å². The maximum absolute atomic E-state index is 13.7. The molecule has 0 aliphatic heterocycles. The molecule has 314 valence electrons. The van der Waals surface area contributed by atoms with Crippen LogP contribution < -0.4 is 32.4 Å². The Labute approximate surface area is 351 Å². The summed E-state index contributed by atoms with van der Waals surface area (Å²) in [5.41, 5.74) is 4.12. The fraction of sp³-hybridized carbons (Fsp3) is 0.300. The largest absolute Gasteiger partial charge is 0.480 e. The van der Waals surface area contributed by atoms with Crippen molar-refractivity contribution in [2.75, 3.05) is 26.2 Å². The first kappa shape index (κ1) is 43.2. The highest BCUT2D eigenvalue weighted by molar-refractivity contribution is 6.39. The summed E-state index contributed by atoms with van der Waals surface area (Å²) < 4.78 is 5.97. The van der Waals surface area contributed by atoms with E-state index in [-0.39, 0.29) is 73.2 Å². The number of carboxylic acid groups (broad SMARTS) is 2. The van der Waals surface area contributed by atoms with Gasteiger partial charge in [0.25, 0.3) is 11.1 Å². The minimum atomic E-state index is -1.13. The smallest absolute Gasteiger partial charge is 0.322 e. The van der Waals surface area contributed by atoms with E-state index in [1.807, 2.05) is 0 Å². The van der Waals surface area contributed by atoms with Crippen LogP contribution in [0, 0.1) is 13.8 Å². The predicted molar refractivity (Wildman–Crippen MR) is 224 cm³/mol. The standard InChI is InChI=1S/C40H42Cl2N10O8/c1-21-19-51-33(37(55)49(21)13-11-43-31(39(57)58)17-45-23(3)53)15-29(47-51)27-9-5-7-25(35(27)41)26-8-6-10-28(36(26)42)30-16-34-38(56)50(22(2)20-52(34)48-30)14-12-44-32(40(59)60)18-46-24(4)54/h5-10,15-16,19-20,31-32,43-44H,11-14,17-18H2,1-4H3,(H,45,53)(H,46,54)(H,57,58)(H,59,60)/t31-,32-/m0/s1. The number of hydrogen-bond donors (Lipinski definition) is 6. The lowest BCUT2D eigenvalue weighted by Crippen LogP contribution is -2.47. The Kier molecular flexibility index (Phi) is 13.2. The van der Waals surface area contributed by atoms with Gasteiger partial charge in [0.05, 0.1) is 21.4 Å². The Balaban J connectivity index is 1.25. The number of aliphatic carboxylic acids is 2. The lowest BCUT2D eigenvalue weighted by molar-refractivity contribution is -0.140. The molecule has 2 aromatic carbocycles. The first-order chi connectivity index (χ1) is 28.5. The predicted octanol–water partition coefficient (Wildman–Crippen LogP) is 2.59. The molecule has 0 spiro atoms. The molecule has 4 aromatic heterocycles. The van der Waals surface area contributed by atoms with Gasteiger partial charge in [-0.05, 0) is 26.0 Å². The van der Waals surface area contributed by atoms with Gasteiger partial charge in [0.2, 0.25) is 11.8 Å². The van der Waals surface area contributed by atoms with Crippen molar-refractivity contribution in [1.29, 1.82) is 0 Å². The molecule has 18 nitrogen and oxygen atoms in total. The number of aryl methyl sites for hydroxylation is 2. The van der Waals surface area contributed by atoms with Gasteiger partial charge >= 0.3 is 11.9 Å². The van der Waals surface area contributed by atoms with Gasteiger partial charge in [-0.3, -0.25) is 28.8 Å². The number of benzene rings is 2. The number of aromatic nitrogens is 6. The molecule has 6 rings (SSSR count). The molecular formula is C40H42Cl2N10O8. The average Bonchev–Trinajstić information content (AvgIpc) is 3.81. The number of nitrogens with one attached hydrogen (secondary N) is 4. The van der Waals surface area contributed by atoms with Crippen molar-refractivity contribution in [3.05, 3.63) is 103 Å². The topological polar surface area (TPSA) is 235 Å². The summed E-state index contributed by atoms with van der Waals surface area (Å²) in [6.07, 6.45) is 3.38. The van der Waals surface area contributed by atoms with Crippen molar-refractivity contribution in [3.8, 4) is 33.6 Å². The van der Waals surface area contributed by atoms with Gasteiger partial charge in [-0.1, -0.05) is 59.6 Å². The van der Waals surface area contributed by atoms with Crippen LogP contribution in [0.4, 0.5) is 0 Å². The highest BCUT2D eigenvalue weighted by Gasteiger charge is 2.22. The molecule has 6 N–H and O–H groups in total. The van der Waals surface area contributed by atoms with Crippen molar-refractivity contribution >= 4 is 58.0 Å². The third-order valence-corrected chi connectivity index (χ3v) is 10.7. The Morgan fingerprint density at radius 3 is 1.37 bits per heavy atom. The molecule has 20 heteroatoms. The van der Waals surface area contributed by atoms with Crippen LogP contribution in [-0.4, -0.2) is 101 Å². The molecule has 2 amide bonds. The van der Waals surface area contributed by atoms with E-state index in [1.54, 1.807) is 74.8 Å². The quantitative estimate of drug-likeness (QED) is 0.0777. The van der Waals surface area contributed by atoms with Gasteiger partial charge in [-0.15, -0.1) is 0 Å². The zero-order chi connectivity index (χ0) is 43.4. The van der Waals surface area contributed by atoms with Gasteiger partial charge < -0.3 is 40.6 Å². The molecule has 0 aliphatic carbocycles. The Hall–Kier alpha value is -6.34. The van der Waals surface area contributed by atoms with Crippen LogP contribution >= 0.6 is 23.2 Å². The first-order valence-corrected chi connectivity index (χ1v) is 19.5. The molecule has 0 saturated heterocycles. The molecule has 6 aromatic rings. The second-order valence-electron chi connectivity index (χ2n) is 14.1. The normalized spacial score (nSPS) is 12.4. The molecule has 0 radical (unpaired) electrons. The average molecular weight is 862 g/mol. The summed E-state index contributed by atoms with van der Waals surface area (Å²) >= 11 is 14.2. The first-order valence-electron chi connectivity index (χ1n) is 18.7. The third kappa shape index (κ3) is 9.26. The second kappa shape index (κ2) is 18.3. The van der Waals surface area contributed by atoms with E-state index in [0.29, 0.717) is 55.1 Å². The molecular weight excluding hydrogens is 819 g/mol. The van der Waals surface area contributed by atoms with Gasteiger partial charge in [-0.2, -0.15) is 10.2 Å². The number of halogens is 2. The van der Waals surface area contributed by atoms with E-state index in [2.05, 4.69) is 31.5 Å². The van der Waals surface area contributed by atoms with E-state index >= 15 is 0 Å². The number of carboxylic acids is 2. The van der Waals surface area contributed by atoms with Crippen LogP contribution in [0.15, 0.2) is 70.5 Å². The molecule has 0 unspecified atom stereocenters. The number of rotatable bonds is 17. The molecule has 4 heterocycles. The molecule has 0 bridgehead atoms. The SMILES string of the molecule is CC(=O)NC[C@H](NCCn1c(C)cn2nc(-c3cccc(-c4cccc(-c5cc6c(=O)n(CCN[C@@H](CNC(C)=O)C(=O)O)c(C)cn6n5)c4Cl)c3Cl)cc2c1=O)C(=O)O. The second-order valence-corrected chi connectivity index (χ2v) is 14.8. The Morgan fingerprint density at radius 2 is 1.02 bits per heavy atom. The summed E-state index contributed by atoms with van der Waals surface area (Å²) in [5.74, 6) is -2.97. The van der Waals surface area contributed by atoms with Gasteiger partial charge in [0, 0.05) is 99.2 Å². The van der Waals surface area contributed by atoms with Crippen molar-refractivity contribution in [2.24, 2.45) is 0 Å². The van der Waals surface area contributed by atoms with E-state index in [0.717, 1.165) is 0 Å². The highest BCUT2D eigenvalue weighted by atomic mass is 35.5. The fourth-order valence-electron chi connectivity index (χ4n) is 6.78. The molecule has 0 saturated carbocycles. The maximum Gasteiger partial charge on any atom is 0.322 e. The minimum absolute atomic E-state index is 0.106. The van der Waals surface area contributed by atoms with Gasteiger partial charge in [0.15, 0.2) is 0 Å². The molecule has 2 atom stereocenters. The summed E-state index contributed by atoms with van der Waals surface area (Å²) in [4.78, 5) is 73.1. The van der Waals surface area contributed by atoms with E-state index in [4.69, 9.17) is 23.2 Å². The van der Waals surface area contributed by atoms with Crippen LogP contribution in [0.3, 0.4) is 0 Å². The highest BCUT2D eigenvalue weighted by Crippen LogP contribution is 2.42. The van der Waals surface area contributed by atoms with Crippen LogP contribution in [0.2, 0.25) is 10.0 Å². The van der Waals surface area contributed by atoms with Crippen molar-refractivity contribution in [2.45, 2.75) is 52.9 Å². The minimum Gasteiger partial charge on any atom is -0.480 e. The number of amides is 2. The van der Waals surface area contributed by atoms with Gasteiger partial charge in [-0.25, -0.2) is 9.03 Å². The molecule has 0 aliphatic rings. The summed E-state index contributed by atoms with van der Waals surface area (Å²) in [7, 11) is 0. The molecule has 0 fully saturated rings. The zero-order valence-corrected chi connectivity index (χ0v) is 34.5. The number of nitrogens with zero attached hydrogens (tertiary/aromatic N) is 6. The molecule has 60 heavy (non-hydrogen) atoms. The van der Waals surface area contributed by atoms with E-state index in [1.165, 1.54) is 32.0 Å². The number of fused-ring (bicyclic) bond motifs is 2. The Morgan fingerprint density at radius 1 is 0.650 bits per heavy atom. The Bertz CT molecular complexity index is 2590. The zero-order valence-electron chi connectivity index (χ0n) is 33.0. The lowest BCUT2D eigenvalue weighted by Gasteiger charge is -2.16. The van der Waals surface area contributed by atoms with Crippen LogP contribution in [0.1, 0.15) is 25.2 Å². The van der Waals surface area contributed by atoms with E-state index in [9.17, 15) is 39.0 Å². The monoisotopic (exact) mass is 860 g/mol. The number of hydrogen-bond acceptors (Lipinski definition) is 10. The maximum atomic E-state index is 13.7. The number of carbonyl (C=O) groups excluding carboxylic acids is 2. The van der Waals surface area contributed by atoms with Crippen LogP contribution in [-0.2, 0) is 32.3 Å². The van der Waals surface area contributed by atoms with Crippen LogP contribution in [0.5, 0.6) is 0 Å². The van der Waals surface area contributed by atoms with Crippen LogP contribution in [0.25, 0.3) is 44.7 Å². The summed E-state index contributed by atoms with van der Waals surface area (Å²) in [6.45, 7) is 6.48. The van der Waals surface area contributed by atoms with Crippen molar-refractivity contribution in [1.82, 2.24) is 49.6 Å². The van der Waals surface area contributed by atoms with Crippen molar-refractivity contribution < 1.29 is 29.4 Å². The summed E-state index contributed by atoms with van der Waals surface area (Å²) in [5, 5.41) is 39.7. The fourth-order valence-corrected chi connectivity index (χ4v) is 7.43. The summed E-state index contributed by atoms with van der Waals surface area (Å²) in [6, 6.07) is 11.9.